The van der Waals surface area contributed by atoms with E-state index >= 15 is 0 Å². The predicted molar refractivity (Wildman–Crippen MR) is 196 cm³/mol. The second-order valence-corrected chi connectivity index (χ2v) is 14.4. The van der Waals surface area contributed by atoms with Crippen LogP contribution in [0.1, 0.15) is 64.5 Å². The molecule has 3 aromatic heterocycles. The number of aromatic nitrogens is 5. The molecule has 50 heavy (non-hydrogen) atoms. The van der Waals surface area contributed by atoms with Crippen molar-refractivity contribution < 1.29 is 14.3 Å². The molecule has 2 N–H and O–H groups in total. The van der Waals surface area contributed by atoms with Gasteiger partial charge < -0.3 is 29.9 Å². The molecule has 2 saturated heterocycles. The van der Waals surface area contributed by atoms with Crippen LogP contribution >= 0.6 is 0 Å². The molecule has 262 valence electrons. The molecular weight excluding hydrogens is 630 g/mol. The summed E-state index contributed by atoms with van der Waals surface area (Å²) in [6, 6.07) is 17.4. The van der Waals surface area contributed by atoms with Gasteiger partial charge in [-0.1, -0.05) is 44.2 Å². The molecule has 2 aromatic carbocycles. The minimum Gasteiger partial charge on any atom is -0.458 e. The van der Waals surface area contributed by atoms with Gasteiger partial charge in [0.05, 0.1) is 18.4 Å². The topological polar surface area (TPSA) is 122 Å². The van der Waals surface area contributed by atoms with E-state index in [1.165, 1.54) is 11.1 Å². The number of nitrogens with one attached hydrogen (secondary N) is 2. The first-order valence-electron chi connectivity index (χ1n) is 17.7. The fourth-order valence-corrected chi connectivity index (χ4v) is 6.70. The average Bonchev–Trinajstić information content (AvgIpc) is 3.55. The SMILES string of the molecule is CC(C)c1cnn2c(NCc3ccccc3-c3nccc4cc(N5CCNCC5)ccc34)nc(O[C@@H]3CCCN(C(=O)OC(C)(C)C)C3)nc12. The van der Waals surface area contributed by atoms with Crippen LogP contribution in [0.5, 0.6) is 6.01 Å². The number of likely N-dealkylation sites (tertiary alicyclic amines) is 1. The molecule has 0 saturated carbocycles. The highest BCUT2D eigenvalue weighted by molar-refractivity contribution is 5.97. The molecule has 0 bridgehead atoms. The van der Waals surface area contributed by atoms with E-state index in [2.05, 4.69) is 76.9 Å². The molecular formula is C38H47N9O3. The van der Waals surface area contributed by atoms with E-state index in [4.69, 9.17) is 24.4 Å². The molecule has 2 aliphatic heterocycles. The maximum Gasteiger partial charge on any atom is 0.410 e. The van der Waals surface area contributed by atoms with Gasteiger partial charge in [0, 0.05) is 67.7 Å². The molecule has 12 heteroatoms. The van der Waals surface area contributed by atoms with Gasteiger partial charge in [0.1, 0.15) is 11.7 Å². The summed E-state index contributed by atoms with van der Waals surface area (Å²) in [6.45, 7) is 15.4. The summed E-state index contributed by atoms with van der Waals surface area (Å²) in [5, 5.41) is 13.9. The Morgan fingerprint density at radius 1 is 1.06 bits per heavy atom. The lowest BCUT2D eigenvalue weighted by Gasteiger charge is -2.33. The molecule has 2 fully saturated rings. The first-order chi connectivity index (χ1) is 24.1. The maximum atomic E-state index is 12.8. The van der Waals surface area contributed by atoms with E-state index in [-0.39, 0.29) is 24.1 Å². The van der Waals surface area contributed by atoms with Crippen LogP contribution < -0.4 is 20.3 Å². The summed E-state index contributed by atoms with van der Waals surface area (Å²) in [5.41, 5.74) is 5.43. The number of ether oxygens (including phenoxy) is 2. The van der Waals surface area contributed by atoms with Gasteiger partial charge in [0.2, 0.25) is 5.95 Å². The Morgan fingerprint density at radius 3 is 2.68 bits per heavy atom. The predicted octanol–water partition coefficient (Wildman–Crippen LogP) is 6.26. The third kappa shape index (κ3) is 7.30. The zero-order valence-electron chi connectivity index (χ0n) is 29.6. The summed E-state index contributed by atoms with van der Waals surface area (Å²) < 4.78 is 13.8. The van der Waals surface area contributed by atoms with Crippen molar-refractivity contribution in [1.82, 2.24) is 34.8 Å². The molecule has 0 unspecified atom stereocenters. The first kappa shape index (κ1) is 33.5. The van der Waals surface area contributed by atoms with Crippen molar-refractivity contribution in [3.63, 3.8) is 0 Å². The Kier molecular flexibility index (Phi) is 9.46. The zero-order chi connectivity index (χ0) is 34.8. The minimum atomic E-state index is -0.564. The summed E-state index contributed by atoms with van der Waals surface area (Å²) in [5.74, 6) is 0.726. The molecule has 5 aromatic rings. The minimum absolute atomic E-state index is 0.200. The number of amides is 1. The van der Waals surface area contributed by atoms with E-state index in [0.29, 0.717) is 31.2 Å². The number of fused-ring (bicyclic) bond motifs is 2. The fraction of sp³-hybridized carbons (Fsp3) is 0.447. The molecule has 0 spiro atoms. The van der Waals surface area contributed by atoms with Crippen LogP contribution in [0, 0.1) is 0 Å². The van der Waals surface area contributed by atoms with E-state index in [9.17, 15) is 4.79 Å². The number of benzene rings is 2. The number of piperidine rings is 1. The van der Waals surface area contributed by atoms with Gasteiger partial charge >= 0.3 is 12.1 Å². The Labute approximate surface area is 293 Å². The highest BCUT2D eigenvalue weighted by Crippen LogP contribution is 2.32. The number of hydrogen-bond acceptors (Lipinski definition) is 10. The third-order valence-electron chi connectivity index (χ3n) is 9.24. The molecule has 12 nitrogen and oxygen atoms in total. The van der Waals surface area contributed by atoms with Crippen LogP contribution in [0.3, 0.4) is 0 Å². The summed E-state index contributed by atoms with van der Waals surface area (Å²) in [4.78, 5) is 31.5. The number of carbonyl (C=O) groups is 1. The van der Waals surface area contributed by atoms with Crippen molar-refractivity contribution in [3.8, 4) is 17.3 Å². The van der Waals surface area contributed by atoms with E-state index < -0.39 is 5.60 Å². The number of pyridine rings is 1. The van der Waals surface area contributed by atoms with E-state index in [0.717, 1.165) is 66.8 Å². The van der Waals surface area contributed by atoms with Crippen LogP contribution in [0.4, 0.5) is 16.4 Å². The van der Waals surface area contributed by atoms with Crippen LogP contribution in [0.2, 0.25) is 0 Å². The van der Waals surface area contributed by atoms with Gasteiger partial charge in [-0.25, -0.2) is 4.79 Å². The van der Waals surface area contributed by atoms with Gasteiger partial charge in [0.15, 0.2) is 5.65 Å². The number of nitrogens with zero attached hydrogens (tertiary/aromatic N) is 7. The van der Waals surface area contributed by atoms with Crippen LogP contribution in [0.25, 0.3) is 27.7 Å². The lowest BCUT2D eigenvalue weighted by Crippen LogP contribution is -2.46. The smallest absolute Gasteiger partial charge is 0.410 e. The number of carbonyl (C=O) groups excluding carboxylic acids is 1. The van der Waals surface area contributed by atoms with Crippen LogP contribution in [-0.2, 0) is 11.3 Å². The number of piperazine rings is 1. The third-order valence-corrected chi connectivity index (χ3v) is 9.24. The Morgan fingerprint density at radius 2 is 1.88 bits per heavy atom. The Hall–Kier alpha value is -4.97. The lowest BCUT2D eigenvalue weighted by molar-refractivity contribution is 0.00662. The lowest BCUT2D eigenvalue weighted by atomic mass is 9.99. The first-order valence-corrected chi connectivity index (χ1v) is 17.7. The van der Waals surface area contributed by atoms with Crippen molar-refractivity contribution in [2.45, 2.75) is 71.6 Å². The highest BCUT2D eigenvalue weighted by Gasteiger charge is 2.29. The Bertz CT molecular complexity index is 1980. The second kappa shape index (κ2) is 14.1. The van der Waals surface area contributed by atoms with Gasteiger partial charge in [-0.3, -0.25) is 4.98 Å². The summed E-state index contributed by atoms with van der Waals surface area (Å²) >= 11 is 0. The van der Waals surface area contributed by atoms with Gasteiger partial charge in [-0.2, -0.15) is 19.6 Å². The molecule has 5 heterocycles. The highest BCUT2D eigenvalue weighted by atomic mass is 16.6. The van der Waals surface area contributed by atoms with Crippen LogP contribution in [0.15, 0.2) is 60.9 Å². The molecule has 0 radical (unpaired) electrons. The van der Waals surface area contributed by atoms with Crippen molar-refractivity contribution in [1.29, 1.82) is 0 Å². The Balaban J connectivity index is 1.15. The summed E-state index contributed by atoms with van der Waals surface area (Å²) in [6.07, 6.45) is 4.74. The van der Waals surface area contributed by atoms with E-state index in [1.54, 1.807) is 9.42 Å². The largest absolute Gasteiger partial charge is 0.458 e. The van der Waals surface area contributed by atoms with Gasteiger partial charge in [0.25, 0.3) is 0 Å². The van der Waals surface area contributed by atoms with Crippen molar-refractivity contribution in [3.05, 3.63) is 72.1 Å². The van der Waals surface area contributed by atoms with Crippen LogP contribution in [-0.4, -0.2) is 86.5 Å². The molecule has 0 aliphatic carbocycles. The molecule has 1 amide bonds. The second-order valence-electron chi connectivity index (χ2n) is 14.4. The molecule has 7 rings (SSSR count). The van der Waals surface area contributed by atoms with E-state index in [1.807, 2.05) is 39.2 Å². The zero-order valence-corrected chi connectivity index (χ0v) is 29.6. The average molecular weight is 678 g/mol. The maximum absolute atomic E-state index is 12.8. The molecule has 2 aliphatic rings. The van der Waals surface area contributed by atoms with Gasteiger partial charge in [-0.15, -0.1) is 0 Å². The summed E-state index contributed by atoms with van der Waals surface area (Å²) in [7, 11) is 0. The monoisotopic (exact) mass is 677 g/mol. The van der Waals surface area contributed by atoms with Gasteiger partial charge in [-0.05, 0) is 68.7 Å². The number of anilines is 2. The normalized spacial score (nSPS) is 17.0. The number of hydrogen-bond donors (Lipinski definition) is 2. The molecule has 1 atom stereocenters. The quantitative estimate of drug-likeness (QED) is 0.195. The van der Waals surface area contributed by atoms with Crippen molar-refractivity contribution >= 4 is 34.1 Å². The fourth-order valence-electron chi connectivity index (χ4n) is 6.70. The van der Waals surface area contributed by atoms with Crippen molar-refractivity contribution in [2.75, 3.05) is 49.5 Å². The number of rotatable bonds is 8. The standard InChI is InChI=1S/C38H47N9O3/c1-25(2)32-23-42-47-34(32)43-36(49-29-10-8-18-46(24-29)37(48)50-38(3,4)5)44-35(47)41-22-27-9-6-7-11-30(27)33-31-13-12-28(21-26(31)14-15-40-33)45-19-16-39-17-20-45/h6-7,9,11-15,21,23,25,29,39H,8,10,16-20,22,24H2,1-5H3,(H,41,43,44)/t29-/m1/s1. The van der Waals surface area contributed by atoms with Crippen molar-refractivity contribution in [2.24, 2.45) is 0 Å².